The molecule has 0 spiro atoms. The van der Waals surface area contributed by atoms with Crippen molar-refractivity contribution in [1.29, 1.82) is 0 Å². The lowest BCUT2D eigenvalue weighted by molar-refractivity contribution is 0.0636. The van der Waals surface area contributed by atoms with Crippen molar-refractivity contribution < 1.29 is 17.9 Å². The lowest BCUT2D eigenvalue weighted by Crippen LogP contribution is -2.27. The molecule has 2 rings (SSSR count). The first-order valence-corrected chi connectivity index (χ1v) is 10.2. The van der Waals surface area contributed by atoms with Crippen molar-refractivity contribution in [1.82, 2.24) is 0 Å². The van der Waals surface area contributed by atoms with Crippen molar-refractivity contribution >= 4 is 55.0 Å². The fourth-order valence-corrected chi connectivity index (χ4v) is 3.79. The number of carbonyl (C=O) groups excluding carboxylic acids is 1. The van der Waals surface area contributed by atoms with Gasteiger partial charge in [0.05, 0.1) is 5.02 Å². The van der Waals surface area contributed by atoms with Crippen molar-refractivity contribution in [3.63, 3.8) is 0 Å². The van der Waals surface area contributed by atoms with E-state index in [1.165, 1.54) is 18.2 Å². The summed E-state index contributed by atoms with van der Waals surface area (Å²) in [6, 6.07) is 10.8. The van der Waals surface area contributed by atoms with Gasteiger partial charge in [-0.3, -0.25) is 10.0 Å². The average molecular weight is 462 g/mol. The van der Waals surface area contributed by atoms with E-state index in [0.29, 0.717) is 5.69 Å². The molecule has 2 aromatic rings. The summed E-state index contributed by atoms with van der Waals surface area (Å²) < 4.78 is 33.7. The lowest BCUT2D eigenvalue weighted by atomic mass is 10.2. The molecule has 2 N–H and O–H groups in total. The van der Waals surface area contributed by atoms with Gasteiger partial charge >= 0.3 is 6.09 Å². The van der Waals surface area contributed by atoms with Crippen molar-refractivity contribution in [2.75, 3.05) is 10.0 Å². The normalized spacial score (nSPS) is 11.7. The van der Waals surface area contributed by atoms with Crippen molar-refractivity contribution in [2.45, 2.75) is 31.3 Å². The van der Waals surface area contributed by atoms with E-state index in [0.717, 1.165) is 4.47 Å². The zero-order valence-corrected chi connectivity index (χ0v) is 17.5. The van der Waals surface area contributed by atoms with Gasteiger partial charge in [-0.2, -0.15) is 0 Å². The molecule has 0 heterocycles. The predicted molar refractivity (Wildman–Crippen MR) is 106 cm³/mol. The van der Waals surface area contributed by atoms with Crippen LogP contribution in [0, 0.1) is 0 Å². The molecule has 0 unspecified atom stereocenters. The number of nitrogens with one attached hydrogen (secondary N) is 2. The second-order valence-electron chi connectivity index (χ2n) is 6.38. The number of rotatable bonds is 4. The number of benzene rings is 2. The largest absolute Gasteiger partial charge is 0.444 e. The van der Waals surface area contributed by atoms with E-state index in [4.69, 9.17) is 16.3 Å². The Balaban J connectivity index is 2.25. The minimum absolute atomic E-state index is 0.0318. The summed E-state index contributed by atoms with van der Waals surface area (Å²) in [5.41, 5.74) is -0.0382. The SMILES string of the molecule is CC(C)(C)OC(=O)Nc1ccc(Cl)c(S(=O)(=O)Nc2ccc(Br)cc2)c1. The van der Waals surface area contributed by atoms with E-state index in [2.05, 4.69) is 26.0 Å². The van der Waals surface area contributed by atoms with Gasteiger partial charge in [0.25, 0.3) is 10.0 Å². The molecule has 0 fully saturated rings. The maximum Gasteiger partial charge on any atom is 0.412 e. The van der Waals surface area contributed by atoms with Gasteiger partial charge < -0.3 is 4.74 Å². The Morgan fingerprint density at radius 3 is 2.23 bits per heavy atom. The molecule has 0 saturated carbocycles. The highest BCUT2D eigenvalue weighted by atomic mass is 79.9. The predicted octanol–water partition coefficient (Wildman–Crippen LogP) is 5.25. The van der Waals surface area contributed by atoms with Crippen LogP contribution in [0.5, 0.6) is 0 Å². The molecule has 26 heavy (non-hydrogen) atoms. The summed E-state index contributed by atoms with van der Waals surface area (Å²) in [5, 5.41) is 2.52. The number of hydrogen-bond acceptors (Lipinski definition) is 4. The summed E-state index contributed by atoms with van der Waals surface area (Å²) >= 11 is 9.33. The number of anilines is 2. The zero-order chi connectivity index (χ0) is 19.5. The van der Waals surface area contributed by atoms with Crippen LogP contribution in [0.25, 0.3) is 0 Å². The molecular formula is C17H18BrClN2O4S. The second-order valence-corrected chi connectivity index (χ2v) is 9.36. The van der Waals surface area contributed by atoms with Gasteiger partial charge in [-0.15, -0.1) is 0 Å². The summed E-state index contributed by atoms with van der Waals surface area (Å²) in [5.74, 6) is 0. The third-order valence-corrected chi connectivity index (χ3v) is 5.35. The molecule has 0 bridgehead atoms. The number of carbonyl (C=O) groups is 1. The van der Waals surface area contributed by atoms with Crippen LogP contribution in [0.1, 0.15) is 20.8 Å². The topological polar surface area (TPSA) is 84.5 Å². The Hall–Kier alpha value is -1.77. The Bertz CT molecular complexity index is 909. The molecule has 0 atom stereocenters. The van der Waals surface area contributed by atoms with Gasteiger partial charge in [0.15, 0.2) is 0 Å². The zero-order valence-electron chi connectivity index (χ0n) is 14.3. The third-order valence-electron chi connectivity index (χ3n) is 2.96. The molecule has 6 nitrogen and oxygen atoms in total. The first kappa shape index (κ1) is 20.5. The van der Waals surface area contributed by atoms with E-state index in [9.17, 15) is 13.2 Å². The van der Waals surface area contributed by atoms with Crippen LogP contribution in [0.4, 0.5) is 16.2 Å². The second kappa shape index (κ2) is 7.85. The maximum absolute atomic E-state index is 12.6. The molecule has 0 aliphatic carbocycles. The average Bonchev–Trinajstić information content (AvgIpc) is 2.49. The van der Waals surface area contributed by atoms with Crippen LogP contribution >= 0.6 is 27.5 Å². The highest BCUT2D eigenvalue weighted by molar-refractivity contribution is 9.10. The molecular weight excluding hydrogens is 444 g/mol. The number of amides is 1. The molecule has 2 aromatic carbocycles. The molecule has 0 radical (unpaired) electrons. The molecule has 0 saturated heterocycles. The molecule has 140 valence electrons. The van der Waals surface area contributed by atoms with Gasteiger partial charge in [-0.05, 0) is 63.2 Å². The first-order chi connectivity index (χ1) is 12.0. The van der Waals surface area contributed by atoms with Gasteiger partial charge in [0.1, 0.15) is 10.5 Å². The van der Waals surface area contributed by atoms with Gasteiger partial charge in [0, 0.05) is 15.8 Å². The summed E-state index contributed by atoms with van der Waals surface area (Å²) in [6.45, 7) is 5.19. The number of ether oxygens (including phenoxy) is 1. The van der Waals surface area contributed by atoms with Crippen molar-refractivity contribution in [2.24, 2.45) is 0 Å². The van der Waals surface area contributed by atoms with Crippen molar-refractivity contribution in [3.05, 3.63) is 52.0 Å². The summed E-state index contributed by atoms with van der Waals surface area (Å²) in [6.07, 6.45) is -0.691. The molecule has 0 aliphatic heterocycles. The van der Waals surface area contributed by atoms with Crippen molar-refractivity contribution in [3.8, 4) is 0 Å². The minimum atomic E-state index is -3.94. The number of hydrogen-bond donors (Lipinski definition) is 2. The fourth-order valence-electron chi connectivity index (χ4n) is 1.94. The summed E-state index contributed by atoms with van der Waals surface area (Å²) in [7, 11) is -3.94. The highest BCUT2D eigenvalue weighted by Gasteiger charge is 2.21. The van der Waals surface area contributed by atoms with Crippen LogP contribution in [0.2, 0.25) is 5.02 Å². The van der Waals surface area contributed by atoms with Crippen LogP contribution in [-0.2, 0) is 14.8 Å². The smallest absolute Gasteiger partial charge is 0.412 e. The van der Waals surface area contributed by atoms with Gasteiger partial charge in [-0.1, -0.05) is 27.5 Å². The van der Waals surface area contributed by atoms with E-state index >= 15 is 0 Å². The number of halogens is 2. The first-order valence-electron chi connectivity index (χ1n) is 7.54. The van der Waals surface area contributed by atoms with Crippen LogP contribution in [-0.4, -0.2) is 20.1 Å². The quantitative estimate of drug-likeness (QED) is 0.651. The summed E-state index contributed by atoms with van der Waals surface area (Å²) in [4.78, 5) is 11.7. The Kier molecular flexibility index (Phi) is 6.21. The van der Waals surface area contributed by atoms with Crippen LogP contribution in [0.3, 0.4) is 0 Å². The Labute approximate surface area is 166 Å². The van der Waals surface area contributed by atoms with Gasteiger partial charge in [0.2, 0.25) is 0 Å². The van der Waals surface area contributed by atoms with Crippen LogP contribution in [0.15, 0.2) is 51.8 Å². The highest BCUT2D eigenvalue weighted by Crippen LogP contribution is 2.27. The van der Waals surface area contributed by atoms with E-state index in [1.54, 1.807) is 45.0 Å². The molecule has 1 amide bonds. The van der Waals surface area contributed by atoms with Gasteiger partial charge in [-0.25, -0.2) is 13.2 Å². The lowest BCUT2D eigenvalue weighted by Gasteiger charge is -2.20. The van der Waals surface area contributed by atoms with E-state index in [-0.39, 0.29) is 15.6 Å². The monoisotopic (exact) mass is 460 g/mol. The van der Waals surface area contributed by atoms with Crippen LogP contribution < -0.4 is 10.0 Å². The third kappa shape index (κ3) is 5.89. The van der Waals surface area contributed by atoms with E-state index in [1.807, 2.05) is 0 Å². The minimum Gasteiger partial charge on any atom is -0.444 e. The Morgan fingerprint density at radius 2 is 1.65 bits per heavy atom. The molecule has 9 heteroatoms. The standard InChI is InChI=1S/C17H18BrClN2O4S/c1-17(2,3)25-16(22)20-13-8-9-14(19)15(10-13)26(23,24)21-12-6-4-11(18)5-7-12/h4-10,21H,1-3H3,(H,20,22). The Morgan fingerprint density at radius 1 is 1.08 bits per heavy atom. The maximum atomic E-state index is 12.6. The van der Waals surface area contributed by atoms with E-state index < -0.39 is 21.7 Å². The molecule has 0 aliphatic rings. The fraction of sp³-hybridized carbons (Fsp3) is 0.235. The number of sulfonamides is 1. The molecule has 0 aromatic heterocycles.